The Hall–Kier alpha value is -4.31. The summed E-state index contributed by atoms with van der Waals surface area (Å²) in [4.78, 5) is 22.9. The molecular weight excluding hydrogens is 452 g/mol. The van der Waals surface area contributed by atoms with E-state index in [4.69, 9.17) is 0 Å². The van der Waals surface area contributed by atoms with Crippen molar-refractivity contribution >= 4 is 29.6 Å². The van der Waals surface area contributed by atoms with Crippen molar-refractivity contribution in [3.05, 3.63) is 100 Å². The number of thioether (sulfide) groups is 1. The Morgan fingerprint density at radius 2 is 1.76 bits per heavy atom. The van der Waals surface area contributed by atoms with E-state index in [1.807, 2.05) is 66.1 Å². The predicted molar refractivity (Wildman–Crippen MR) is 131 cm³/mol. The zero-order valence-electron chi connectivity index (χ0n) is 18.2. The van der Waals surface area contributed by atoms with Crippen molar-refractivity contribution in [1.82, 2.24) is 20.2 Å². The molecule has 1 aromatic heterocycles. The van der Waals surface area contributed by atoms with Crippen LogP contribution in [0.15, 0.2) is 89.1 Å². The van der Waals surface area contributed by atoms with E-state index >= 15 is 0 Å². The number of carbonyl (C=O) groups excluding carboxylic acids is 1. The highest BCUT2D eigenvalue weighted by atomic mass is 32.2. The highest BCUT2D eigenvalue weighted by Crippen LogP contribution is 2.28. The molecule has 0 aliphatic rings. The first-order valence-corrected chi connectivity index (χ1v) is 11.3. The molecule has 1 N–H and O–H groups in total. The lowest BCUT2D eigenvalue weighted by atomic mass is 10.1. The van der Waals surface area contributed by atoms with Gasteiger partial charge in [-0.25, -0.2) is 5.43 Å². The van der Waals surface area contributed by atoms with E-state index in [0.717, 1.165) is 16.8 Å². The van der Waals surface area contributed by atoms with Gasteiger partial charge in [0.15, 0.2) is 11.0 Å². The smallest absolute Gasteiger partial charge is 0.272 e. The second-order valence-electron chi connectivity index (χ2n) is 7.24. The molecular formula is C24H20N6O3S. The molecule has 170 valence electrons. The lowest BCUT2D eigenvalue weighted by molar-refractivity contribution is -0.385. The van der Waals surface area contributed by atoms with Crippen LogP contribution in [-0.2, 0) is 4.79 Å². The van der Waals surface area contributed by atoms with Crippen molar-refractivity contribution in [3.63, 3.8) is 0 Å². The Balaban J connectivity index is 1.49. The number of carbonyl (C=O) groups is 1. The molecule has 0 bridgehead atoms. The molecule has 0 unspecified atom stereocenters. The molecule has 0 saturated heterocycles. The maximum absolute atomic E-state index is 12.4. The van der Waals surface area contributed by atoms with Gasteiger partial charge in [0.1, 0.15) is 0 Å². The number of nitro groups is 1. The molecule has 0 saturated carbocycles. The fourth-order valence-corrected chi connectivity index (χ4v) is 3.91. The minimum absolute atomic E-state index is 0.0348. The van der Waals surface area contributed by atoms with Crippen molar-refractivity contribution in [2.75, 3.05) is 5.75 Å². The van der Waals surface area contributed by atoms with Gasteiger partial charge in [0.05, 0.1) is 22.5 Å². The minimum atomic E-state index is -0.499. The fraction of sp³-hybridized carbons (Fsp3) is 0.0833. The number of hydrogen-bond acceptors (Lipinski definition) is 7. The maximum Gasteiger partial charge on any atom is 0.278 e. The summed E-state index contributed by atoms with van der Waals surface area (Å²) in [6, 6.07) is 23.8. The maximum atomic E-state index is 12.4. The average molecular weight is 473 g/mol. The summed E-state index contributed by atoms with van der Waals surface area (Å²) in [5, 5.41) is 24.2. The highest BCUT2D eigenvalue weighted by Gasteiger charge is 2.17. The van der Waals surface area contributed by atoms with Crippen molar-refractivity contribution < 1.29 is 9.72 Å². The average Bonchev–Trinajstić information content (AvgIpc) is 3.28. The Labute approximate surface area is 199 Å². The predicted octanol–water partition coefficient (Wildman–Crippen LogP) is 4.39. The van der Waals surface area contributed by atoms with Gasteiger partial charge in [0.25, 0.3) is 11.6 Å². The molecule has 0 aliphatic carbocycles. The van der Waals surface area contributed by atoms with Crippen LogP contribution in [0.3, 0.4) is 0 Å². The number of nitro benzene ring substituents is 1. The van der Waals surface area contributed by atoms with E-state index in [9.17, 15) is 14.9 Å². The van der Waals surface area contributed by atoms with Crippen LogP contribution in [0.1, 0.15) is 11.1 Å². The van der Waals surface area contributed by atoms with Gasteiger partial charge in [-0.15, -0.1) is 10.2 Å². The molecule has 0 atom stereocenters. The zero-order valence-corrected chi connectivity index (χ0v) is 19.0. The molecule has 1 heterocycles. The van der Waals surface area contributed by atoms with Crippen LogP contribution in [0, 0.1) is 17.0 Å². The van der Waals surface area contributed by atoms with E-state index in [1.54, 1.807) is 18.2 Å². The van der Waals surface area contributed by atoms with Crippen molar-refractivity contribution in [3.8, 4) is 17.1 Å². The molecule has 4 aromatic rings. The summed E-state index contributed by atoms with van der Waals surface area (Å²) in [7, 11) is 0. The number of benzene rings is 3. The van der Waals surface area contributed by atoms with E-state index < -0.39 is 4.92 Å². The topological polar surface area (TPSA) is 115 Å². The SMILES string of the molecule is Cc1ccc(-c2nnc(SCC(=O)NN=Cc3ccccc3[N+](=O)[O-])n2-c2ccccc2)cc1. The summed E-state index contributed by atoms with van der Waals surface area (Å²) in [6.07, 6.45) is 1.25. The van der Waals surface area contributed by atoms with Gasteiger partial charge in [-0.1, -0.05) is 71.9 Å². The molecule has 1 amide bonds. The van der Waals surface area contributed by atoms with Crippen LogP contribution in [0.4, 0.5) is 5.69 Å². The third kappa shape index (κ3) is 5.36. The molecule has 0 spiro atoms. The number of amides is 1. The molecule has 9 nitrogen and oxygen atoms in total. The highest BCUT2D eigenvalue weighted by molar-refractivity contribution is 7.99. The number of rotatable bonds is 8. The zero-order chi connectivity index (χ0) is 23.9. The second kappa shape index (κ2) is 10.5. The molecule has 3 aromatic carbocycles. The lowest BCUT2D eigenvalue weighted by Crippen LogP contribution is -2.20. The Morgan fingerprint density at radius 3 is 2.50 bits per heavy atom. The van der Waals surface area contributed by atoms with Crippen molar-refractivity contribution in [2.45, 2.75) is 12.1 Å². The van der Waals surface area contributed by atoms with E-state index in [1.165, 1.54) is 24.0 Å². The first-order valence-electron chi connectivity index (χ1n) is 10.3. The van der Waals surface area contributed by atoms with Crippen LogP contribution < -0.4 is 5.43 Å². The van der Waals surface area contributed by atoms with Gasteiger partial charge in [0, 0.05) is 17.3 Å². The van der Waals surface area contributed by atoms with Crippen LogP contribution in [0.25, 0.3) is 17.1 Å². The summed E-state index contributed by atoms with van der Waals surface area (Å²) in [5.41, 5.74) is 5.54. The third-order valence-electron chi connectivity index (χ3n) is 4.82. The largest absolute Gasteiger partial charge is 0.278 e. The lowest BCUT2D eigenvalue weighted by Gasteiger charge is -2.10. The first kappa shape index (κ1) is 22.9. The first-order chi connectivity index (χ1) is 16.5. The number of nitrogens with one attached hydrogen (secondary N) is 1. The summed E-state index contributed by atoms with van der Waals surface area (Å²) >= 11 is 1.22. The van der Waals surface area contributed by atoms with Crippen LogP contribution in [0.2, 0.25) is 0 Å². The fourth-order valence-electron chi connectivity index (χ4n) is 3.16. The molecule has 0 aliphatic heterocycles. The van der Waals surface area contributed by atoms with Crippen LogP contribution in [-0.4, -0.2) is 37.6 Å². The van der Waals surface area contributed by atoms with E-state index in [2.05, 4.69) is 20.7 Å². The van der Waals surface area contributed by atoms with E-state index in [0.29, 0.717) is 16.5 Å². The number of aryl methyl sites for hydroxylation is 1. The molecule has 10 heteroatoms. The second-order valence-corrected chi connectivity index (χ2v) is 8.18. The number of hydrogen-bond donors (Lipinski definition) is 1. The van der Waals surface area contributed by atoms with Gasteiger partial charge in [-0.05, 0) is 25.1 Å². The Bertz CT molecular complexity index is 1340. The molecule has 34 heavy (non-hydrogen) atoms. The molecule has 4 rings (SSSR count). The number of aromatic nitrogens is 3. The normalized spacial score (nSPS) is 11.0. The van der Waals surface area contributed by atoms with Gasteiger partial charge in [0.2, 0.25) is 0 Å². The van der Waals surface area contributed by atoms with Gasteiger partial charge < -0.3 is 0 Å². The molecule has 0 radical (unpaired) electrons. The minimum Gasteiger partial charge on any atom is -0.272 e. The Kier molecular flexibility index (Phi) is 7.09. The number of para-hydroxylation sites is 2. The van der Waals surface area contributed by atoms with Crippen LogP contribution in [0.5, 0.6) is 0 Å². The standard InChI is InChI=1S/C24H20N6O3S/c1-17-11-13-18(14-12-17)23-27-28-24(29(23)20-8-3-2-4-9-20)34-16-22(31)26-25-15-19-7-5-6-10-21(19)30(32)33/h2-15H,16H2,1H3,(H,26,31). The quantitative estimate of drug-likeness (QED) is 0.176. The third-order valence-corrected chi connectivity index (χ3v) is 5.75. The van der Waals surface area contributed by atoms with Crippen molar-refractivity contribution in [1.29, 1.82) is 0 Å². The summed E-state index contributed by atoms with van der Waals surface area (Å²) in [6.45, 7) is 2.02. The van der Waals surface area contributed by atoms with Gasteiger partial charge in [-0.3, -0.25) is 19.5 Å². The summed E-state index contributed by atoms with van der Waals surface area (Å²) < 4.78 is 1.90. The molecule has 0 fully saturated rings. The number of hydrazone groups is 1. The van der Waals surface area contributed by atoms with E-state index in [-0.39, 0.29) is 17.3 Å². The number of nitrogens with zero attached hydrogens (tertiary/aromatic N) is 5. The van der Waals surface area contributed by atoms with Crippen molar-refractivity contribution in [2.24, 2.45) is 5.10 Å². The van der Waals surface area contributed by atoms with Crippen LogP contribution >= 0.6 is 11.8 Å². The van der Waals surface area contributed by atoms with Gasteiger partial charge in [-0.2, -0.15) is 5.10 Å². The summed E-state index contributed by atoms with van der Waals surface area (Å²) in [5.74, 6) is 0.329. The monoisotopic (exact) mass is 472 g/mol. The van der Waals surface area contributed by atoms with Gasteiger partial charge >= 0.3 is 0 Å². The Morgan fingerprint density at radius 1 is 1.06 bits per heavy atom.